The van der Waals surface area contributed by atoms with Crippen LogP contribution in [0.1, 0.15) is 5.89 Å². The maximum Gasteiger partial charge on any atom is 0.246 e. The first kappa shape index (κ1) is 13.5. The molecule has 5 nitrogen and oxygen atoms in total. The lowest BCUT2D eigenvalue weighted by molar-refractivity contribution is 0.384. The highest BCUT2D eigenvalue weighted by Crippen LogP contribution is 2.20. The summed E-state index contributed by atoms with van der Waals surface area (Å²) < 4.78 is 5.17. The van der Waals surface area contributed by atoms with Crippen LogP contribution in [0.4, 0.5) is 5.69 Å². The third kappa shape index (κ3) is 3.32. The van der Waals surface area contributed by atoms with Gasteiger partial charge in [0.2, 0.25) is 11.7 Å². The normalized spacial score (nSPS) is 10.5. The van der Waals surface area contributed by atoms with E-state index in [9.17, 15) is 5.11 Å². The van der Waals surface area contributed by atoms with E-state index in [-0.39, 0.29) is 5.75 Å². The van der Waals surface area contributed by atoms with Crippen molar-refractivity contribution in [1.82, 2.24) is 10.1 Å². The molecule has 0 bridgehead atoms. The smallest absolute Gasteiger partial charge is 0.246 e. The monoisotopic (exact) mass is 301 g/mol. The molecule has 3 aromatic rings. The predicted octanol–water partition coefficient (Wildman–Crippen LogP) is 3.71. The van der Waals surface area contributed by atoms with Gasteiger partial charge in [-0.2, -0.15) is 4.98 Å². The lowest BCUT2D eigenvalue weighted by Gasteiger charge is -2.02. The second-order valence-corrected chi connectivity index (χ2v) is 4.86. The topological polar surface area (TPSA) is 71.2 Å². The van der Waals surface area contributed by atoms with Crippen LogP contribution in [0, 0.1) is 0 Å². The first-order valence-corrected chi connectivity index (χ1v) is 6.70. The quantitative estimate of drug-likeness (QED) is 0.768. The molecule has 0 aliphatic heterocycles. The van der Waals surface area contributed by atoms with Gasteiger partial charge in [0.05, 0.1) is 6.54 Å². The van der Waals surface area contributed by atoms with Crippen LogP contribution < -0.4 is 5.32 Å². The van der Waals surface area contributed by atoms with E-state index in [0.29, 0.717) is 28.8 Å². The molecule has 106 valence electrons. The van der Waals surface area contributed by atoms with Crippen molar-refractivity contribution in [2.45, 2.75) is 6.54 Å². The van der Waals surface area contributed by atoms with E-state index in [1.54, 1.807) is 36.4 Å². The van der Waals surface area contributed by atoms with Crippen molar-refractivity contribution in [3.05, 3.63) is 59.4 Å². The Hall–Kier alpha value is -2.53. The van der Waals surface area contributed by atoms with Crippen molar-refractivity contribution in [3.63, 3.8) is 0 Å². The zero-order valence-electron chi connectivity index (χ0n) is 11.0. The molecule has 0 aliphatic rings. The number of hydrogen-bond donors (Lipinski definition) is 2. The molecule has 0 saturated heterocycles. The number of hydrogen-bond acceptors (Lipinski definition) is 5. The largest absolute Gasteiger partial charge is 0.508 e. The molecule has 0 amide bonds. The summed E-state index contributed by atoms with van der Waals surface area (Å²) in [5.74, 6) is 1.07. The molecule has 0 aliphatic carbocycles. The SMILES string of the molecule is Oc1cccc(-c2noc(CNc3ccc(Cl)cc3)n2)c1. The van der Waals surface area contributed by atoms with Crippen LogP contribution in [0.25, 0.3) is 11.4 Å². The van der Waals surface area contributed by atoms with Crippen LogP contribution in [0.3, 0.4) is 0 Å². The van der Waals surface area contributed by atoms with Crippen molar-refractivity contribution in [2.24, 2.45) is 0 Å². The van der Waals surface area contributed by atoms with Gasteiger partial charge in [-0.3, -0.25) is 0 Å². The highest BCUT2D eigenvalue weighted by molar-refractivity contribution is 6.30. The van der Waals surface area contributed by atoms with Crippen molar-refractivity contribution in [3.8, 4) is 17.1 Å². The Morgan fingerprint density at radius 1 is 1.14 bits per heavy atom. The lowest BCUT2D eigenvalue weighted by Crippen LogP contribution is -1.99. The van der Waals surface area contributed by atoms with E-state index in [1.165, 1.54) is 0 Å². The molecule has 0 atom stereocenters. The summed E-state index contributed by atoms with van der Waals surface area (Å²) >= 11 is 5.82. The van der Waals surface area contributed by atoms with E-state index in [0.717, 1.165) is 5.69 Å². The van der Waals surface area contributed by atoms with Crippen LogP contribution in [0.15, 0.2) is 53.1 Å². The molecule has 6 heteroatoms. The van der Waals surface area contributed by atoms with Crippen LogP contribution in [0.2, 0.25) is 5.02 Å². The molecule has 0 fully saturated rings. The summed E-state index contributed by atoms with van der Waals surface area (Å²) in [6.07, 6.45) is 0. The summed E-state index contributed by atoms with van der Waals surface area (Å²) in [6, 6.07) is 14.1. The minimum atomic E-state index is 0.165. The molecule has 0 unspecified atom stereocenters. The van der Waals surface area contributed by atoms with Crippen molar-refractivity contribution in [2.75, 3.05) is 5.32 Å². The molecule has 2 aromatic carbocycles. The van der Waals surface area contributed by atoms with Gasteiger partial charge in [-0.15, -0.1) is 0 Å². The summed E-state index contributed by atoms with van der Waals surface area (Å²) in [5, 5.41) is 17.2. The standard InChI is InChI=1S/C15H12ClN3O2/c16-11-4-6-12(7-5-11)17-9-14-18-15(19-21-14)10-2-1-3-13(20)8-10/h1-8,17,20H,9H2. The van der Waals surface area contributed by atoms with E-state index in [1.807, 2.05) is 12.1 Å². The zero-order valence-corrected chi connectivity index (χ0v) is 11.7. The fourth-order valence-corrected chi connectivity index (χ4v) is 1.96. The molecule has 1 aromatic heterocycles. The number of phenols is 1. The molecule has 0 radical (unpaired) electrons. The Bertz CT molecular complexity index is 741. The summed E-state index contributed by atoms with van der Waals surface area (Å²) in [5.41, 5.74) is 1.62. The molecule has 21 heavy (non-hydrogen) atoms. The van der Waals surface area contributed by atoms with Gasteiger partial charge in [-0.25, -0.2) is 0 Å². The van der Waals surface area contributed by atoms with Crippen molar-refractivity contribution in [1.29, 1.82) is 0 Å². The fourth-order valence-electron chi connectivity index (χ4n) is 1.83. The Balaban J connectivity index is 1.69. The second-order valence-electron chi connectivity index (χ2n) is 4.42. The molecular weight excluding hydrogens is 290 g/mol. The third-order valence-corrected chi connectivity index (χ3v) is 3.11. The average Bonchev–Trinajstić information content (AvgIpc) is 2.96. The first-order valence-electron chi connectivity index (χ1n) is 6.32. The number of aromatic hydroxyl groups is 1. The van der Waals surface area contributed by atoms with E-state index in [2.05, 4.69) is 15.5 Å². The number of anilines is 1. The molecule has 0 saturated carbocycles. The van der Waals surface area contributed by atoms with Crippen molar-refractivity contribution >= 4 is 17.3 Å². The zero-order chi connectivity index (χ0) is 14.7. The number of aromatic nitrogens is 2. The summed E-state index contributed by atoms with van der Waals surface area (Å²) in [7, 11) is 0. The summed E-state index contributed by atoms with van der Waals surface area (Å²) in [6.45, 7) is 0.410. The fraction of sp³-hybridized carbons (Fsp3) is 0.0667. The van der Waals surface area contributed by atoms with E-state index >= 15 is 0 Å². The molecule has 2 N–H and O–H groups in total. The van der Waals surface area contributed by atoms with Crippen LogP contribution in [0.5, 0.6) is 5.75 Å². The van der Waals surface area contributed by atoms with Gasteiger partial charge < -0.3 is 14.9 Å². The predicted molar refractivity (Wildman–Crippen MR) is 80.2 cm³/mol. The number of rotatable bonds is 4. The average molecular weight is 302 g/mol. The second kappa shape index (κ2) is 5.85. The first-order chi connectivity index (χ1) is 10.2. The number of halogens is 1. The van der Waals surface area contributed by atoms with Gasteiger partial charge in [0.25, 0.3) is 0 Å². The Kier molecular flexibility index (Phi) is 3.75. The maximum atomic E-state index is 9.45. The minimum absolute atomic E-state index is 0.165. The van der Waals surface area contributed by atoms with Crippen LogP contribution in [-0.2, 0) is 6.54 Å². The molecule has 3 rings (SSSR count). The summed E-state index contributed by atoms with van der Waals surface area (Å²) in [4.78, 5) is 4.28. The number of benzene rings is 2. The minimum Gasteiger partial charge on any atom is -0.508 e. The van der Waals surface area contributed by atoms with Gasteiger partial charge in [-0.05, 0) is 36.4 Å². The van der Waals surface area contributed by atoms with E-state index < -0.39 is 0 Å². The van der Waals surface area contributed by atoms with Crippen LogP contribution in [-0.4, -0.2) is 15.2 Å². The highest BCUT2D eigenvalue weighted by atomic mass is 35.5. The maximum absolute atomic E-state index is 9.45. The third-order valence-electron chi connectivity index (χ3n) is 2.86. The van der Waals surface area contributed by atoms with Gasteiger partial charge >= 0.3 is 0 Å². The Morgan fingerprint density at radius 3 is 2.71 bits per heavy atom. The van der Waals surface area contributed by atoms with Gasteiger partial charge in [0, 0.05) is 16.3 Å². The lowest BCUT2D eigenvalue weighted by atomic mass is 10.2. The number of nitrogens with zero attached hydrogens (tertiary/aromatic N) is 2. The molecule has 1 heterocycles. The Labute approximate surface area is 126 Å². The highest BCUT2D eigenvalue weighted by Gasteiger charge is 2.08. The van der Waals surface area contributed by atoms with E-state index in [4.69, 9.17) is 16.1 Å². The van der Waals surface area contributed by atoms with Gasteiger partial charge in [0.1, 0.15) is 5.75 Å². The van der Waals surface area contributed by atoms with Gasteiger partial charge in [0.15, 0.2) is 0 Å². The van der Waals surface area contributed by atoms with Crippen molar-refractivity contribution < 1.29 is 9.63 Å². The number of phenolic OH excluding ortho intramolecular Hbond substituents is 1. The van der Waals surface area contributed by atoms with Crippen LogP contribution >= 0.6 is 11.6 Å². The number of nitrogens with one attached hydrogen (secondary N) is 1. The molecule has 0 spiro atoms. The Morgan fingerprint density at radius 2 is 1.95 bits per heavy atom. The van der Waals surface area contributed by atoms with Gasteiger partial charge in [-0.1, -0.05) is 28.9 Å². The molecular formula is C15H12ClN3O2.